The molecule has 10 nitrogen and oxygen atoms in total. The third-order valence-corrected chi connectivity index (χ3v) is 11.9. The summed E-state index contributed by atoms with van der Waals surface area (Å²) in [6, 6.07) is 22.5. The van der Waals surface area contributed by atoms with Crippen molar-refractivity contribution in [3.05, 3.63) is 116 Å². The topological polar surface area (TPSA) is 160 Å². The van der Waals surface area contributed by atoms with Gasteiger partial charge in [0, 0.05) is 17.3 Å². The maximum Gasteiger partial charge on any atom is 0.326 e. The van der Waals surface area contributed by atoms with E-state index in [2.05, 4.69) is 15.0 Å². The standard InChI is InChI=1S/C38H44N4O6S2/c1-23-24(2)34(25(3)28-20-21-38(4,5)48-33(23)28)50(46,47)42-37(39)40-22-12-17-29(36(44)45)41-35(43)31-19-18-30(49-31)32(26-13-8-6-9-14-26)27-15-10-7-11-16-27/h6-11,13-16,18-19,29,32H,12,17,20-22H2,1-5H3,(H,41,43)(H,44,45)(H3,39,40,42)/t29-/m0/s1. The number of nitrogens with two attached hydrogens (primary N) is 1. The molecule has 0 unspecified atom stereocenters. The highest BCUT2D eigenvalue weighted by Gasteiger charge is 2.34. The average molecular weight is 717 g/mol. The first-order chi connectivity index (χ1) is 23.7. The number of thiophene rings is 1. The summed E-state index contributed by atoms with van der Waals surface area (Å²) < 4.78 is 35.6. The molecule has 1 amide bonds. The monoisotopic (exact) mass is 716 g/mol. The van der Waals surface area contributed by atoms with Crippen molar-refractivity contribution in [1.82, 2.24) is 10.0 Å². The average Bonchev–Trinajstić information content (AvgIpc) is 3.55. The van der Waals surface area contributed by atoms with E-state index in [1.807, 2.05) is 87.5 Å². The van der Waals surface area contributed by atoms with Gasteiger partial charge in [0.1, 0.15) is 17.4 Å². The van der Waals surface area contributed by atoms with Crippen molar-refractivity contribution >= 4 is 39.2 Å². The lowest BCUT2D eigenvalue weighted by Crippen LogP contribution is -2.40. The van der Waals surface area contributed by atoms with Gasteiger partial charge < -0.3 is 20.9 Å². The van der Waals surface area contributed by atoms with Gasteiger partial charge in [-0.3, -0.25) is 9.79 Å². The number of sulfonamides is 1. The highest BCUT2D eigenvalue weighted by Crippen LogP contribution is 2.42. The number of hydrogen-bond acceptors (Lipinski definition) is 7. The summed E-state index contributed by atoms with van der Waals surface area (Å²) in [4.78, 5) is 30.9. The van der Waals surface area contributed by atoms with Gasteiger partial charge in [-0.2, -0.15) is 0 Å². The number of ether oxygens (including phenoxy) is 1. The molecule has 4 aromatic rings. The molecule has 5 N–H and O–H groups in total. The van der Waals surface area contributed by atoms with Crippen molar-refractivity contribution < 1.29 is 27.9 Å². The third kappa shape index (κ3) is 8.19. The number of carbonyl (C=O) groups excluding carboxylic acids is 1. The van der Waals surface area contributed by atoms with Crippen LogP contribution >= 0.6 is 11.3 Å². The molecule has 1 aromatic heterocycles. The molecule has 0 spiro atoms. The number of nitrogens with one attached hydrogen (secondary N) is 2. The number of aliphatic carboxylic acids is 1. The van der Waals surface area contributed by atoms with Crippen LogP contribution in [0.5, 0.6) is 5.75 Å². The smallest absolute Gasteiger partial charge is 0.326 e. The fraction of sp³-hybridized carbons (Fsp3) is 0.342. The minimum Gasteiger partial charge on any atom is -0.487 e. The molecule has 1 aliphatic heterocycles. The van der Waals surface area contributed by atoms with Crippen LogP contribution in [-0.2, 0) is 21.2 Å². The molecule has 0 bridgehead atoms. The second-order valence-corrected chi connectivity index (χ2v) is 15.9. The summed E-state index contributed by atoms with van der Waals surface area (Å²) in [7, 11) is -4.07. The van der Waals surface area contributed by atoms with Crippen molar-refractivity contribution in [1.29, 1.82) is 0 Å². The van der Waals surface area contributed by atoms with Crippen LogP contribution in [0, 0.1) is 20.8 Å². The molecule has 3 aromatic carbocycles. The molecule has 0 aliphatic carbocycles. The number of rotatable bonds is 12. The van der Waals surface area contributed by atoms with Gasteiger partial charge in [-0.05, 0) is 106 Å². The Bertz CT molecular complexity index is 1970. The van der Waals surface area contributed by atoms with Crippen molar-refractivity contribution in [2.24, 2.45) is 10.7 Å². The quantitative estimate of drug-likeness (QED) is 0.0770. The molecule has 50 heavy (non-hydrogen) atoms. The van der Waals surface area contributed by atoms with Gasteiger partial charge in [0.2, 0.25) is 5.96 Å². The molecular formula is C38H44N4O6S2. The van der Waals surface area contributed by atoms with E-state index in [0.29, 0.717) is 22.4 Å². The maximum absolute atomic E-state index is 13.5. The van der Waals surface area contributed by atoms with Gasteiger partial charge in [-0.25, -0.2) is 17.9 Å². The number of carboxylic acid groups (broad SMARTS) is 1. The molecular weight excluding hydrogens is 673 g/mol. The lowest BCUT2D eigenvalue weighted by molar-refractivity contribution is -0.139. The van der Waals surface area contributed by atoms with Crippen LogP contribution in [0.1, 0.15) is 87.0 Å². The second kappa shape index (κ2) is 15.1. The first kappa shape index (κ1) is 36.6. The van der Waals surface area contributed by atoms with Crippen molar-refractivity contribution in [2.75, 3.05) is 6.54 Å². The normalized spacial score (nSPS) is 14.8. The van der Waals surface area contributed by atoms with E-state index in [0.717, 1.165) is 39.3 Å². The van der Waals surface area contributed by atoms with Gasteiger partial charge in [0.05, 0.1) is 9.77 Å². The summed E-state index contributed by atoms with van der Waals surface area (Å²) in [5.41, 5.74) is 10.7. The predicted octanol–water partition coefficient (Wildman–Crippen LogP) is 6.21. The number of aliphatic imine (C=N–C) groups is 1. The Hall–Kier alpha value is -4.68. The highest BCUT2D eigenvalue weighted by atomic mass is 32.2. The highest BCUT2D eigenvalue weighted by molar-refractivity contribution is 7.90. The minimum atomic E-state index is -4.07. The number of nitrogens with zero attached hydrogens (tertiary/aromatic N) is 1. The van der Waals surface area contributed by atoms with Crippen LogP contribution in [0.2, 0.25) is 0 Å². The van der Waals surface area contributed by atoms with E-state index in [-0.39, 0.29) is 41.8 Å². The van der Waals surface area contributed by atoms with E-state index >= 15 is 0 Å². The second-order valence-electron chi connectivity index (χ2n) is 13.2. The van der Waals surface area contributed by atoms with Crippen LogP contribution in [0.3, 0.4) is 0 Å². The van der Waals surface area contributed by atoms with Crippen LogP contribution < -0.4 is 20.5 Å². The van der Waals surface area contributed by atoms with Gasteiger partial charge in [-0.15, -0.1) is 11.3 Å². The Morgan fingerprint density at radius 3 is 2.18 bits per heavy atom. The van der Waals surface area contributed by atoms with Crippen LogP contribution in [0.15, 0.2) is 82.7 Å². The first-order valence-corrected chi connectivity index (χ1v) is 18.9. The van der Waals surface area contributed by atoms with E-state index in [1.165, 1.54) is 11.3 Å². The van der Waals surface area contributed by atoms with Gasteiger partial charge in [0.15, 0.2) is 0 Å². The number of guanidine groups is 1. The minimum absolute atomic E-state index is 0.0527. The molecule has 1 atom stereocenters. The van der Waals surface area contributed by atoms with E-state index in [4.69, 9.17) is 10.5 Å². The van der Waals surface area contributed by atoms with Crippen molar-refractivity contribution in [3.63, 3.8) is 0 Å². The fourth-order valence-electron chi connectivity index (χ4n) is 6.40. The number of hydrogen-bond donors (Lipinski definition) is 4. The zero-order valence-corrected chi connectivity index (χ0v) is 30.6. The number of carbonyl (C=O) groups is 2. The lowest BCUT2D eigenvalue weighted by Gasteiger charge is -2.35. The number of benzene rings is 3. The Morgan fingerprint density at radius 1 is 0.960 bits per heavy atom. The van der Waals surface area contributed by atoms with Crippen LogP contribution in [0.4, 0.5) is 0 Å². The molecule has 0 radical (unpaired) electrons. The van der Waals surface area contributed by atoms with E-state index < -0.39 is 27.9 Å². The zero-order valence-electron chi connectivity index (χ0n) is 28.9. The Kier molecular flexibility index (Phi) is 11.0. The van der Waals surface area contributed by atoms with Gasteiger partial charge >= 0.3 is 5.97 Å². The largest absolute Gasteiger partial charge is 0.487 e. The first-order valence-electron chi connectivity index (χ1n) is 16.6. The molecule has 12 heteroatoms. The molecule has 0 fully saturated rings. The van der Waals surface area contributed by atoms with E-state index in [1.54, 1.807) is 19.9 Å². The summed E-state index contributed by atoms with van der Waals surface area (Å²) in [5.74, 6) is -1.31. The predicted molar refractivity (Wildman–Crippen MR) is 197 cm³/mol. The van der Waals surface area contributed by atoms with Gasteiger partial charge in [0.25, 0.3) is 15.9 Å². The van der Waals surface area contributed by atoms with Crippen LogP contribution in [-0.4, -0.2) is 49.5 Å². The van der Waals surface area contributed by atoms with Crippen molar-refractivity contribution in [2.45, 2.75) is 82.8 Å². The van der Waals surface area contributed by atoms with Crippen molar-refractivity contribution in [3.8, 4) is 5.75 Å². The SMILES string of the molecule is Cc1c(C)c(S(=O)(=O)NC(N)=NCCC[C@H](NC(=O)c2ccc(C(c3ccccc3)c3ccccc3)s2)C(=O)O)c(C)c2c1OC(C)(C)CC2. The molecule has 0 saturated carbocycles. The molecule has 5 rings (SSSR count). The summed E-state index contributed by atoms with van der Waals surface area (Å²) in [6.45, 7) is 9.46. The van der Waals surface area contributed by atoms with Crippen LogP contribution in [0.25, 0.3) is 0 Å². The fourth-order valence-corrected chi connectivity index (χ4v) is 8.99. The van der Waals surface area contributed by atoms with E-state index in [9.17, 15) is 23.1 Å². The summed E-state index contributed by atoms with van der Waals surface area (Å²) in [6.07, 6.45) is 1.76. The maximum atomic E-state index is 13.5. The number of carboxylic acids is 1. The molecule has 1 aliphatic rings. The Morgan fingerprint density at radius 2 is 1.58 bits per heavy atom. The molecule has 2 heterocycles. The molecule has 264 valence electrons. The lowest BCUT2D eigenvalue weighted by atomic mass is 9.88. The number of amides is 1. The number of fused-ring (bicyclic) bond motifs is 1. The van der Waals surface area contributed by atoms with Gasteiger partial charge in [-0.1, -0.05) is 60.7 Å². The third-order valence-electron chi connectivity index (χ3n) is 9.11. The molecule has 0 saturated heterocycles. The Labute approximate surface area is 297 Å². The zero-order chi connectivity index (χ0) is 36.2. The summed E-state index contributed by atoms with van der Waals surface area (Å²) in [5, 5.41) is 12.5. The summed E-state index contributed by atoms with van der Waals surface area (Å²) >= 11 is 1.32. The Balaban J connectivity index is 1.21.